The molecule has 1 fully saturated rings. The Bertz CT molecular complexity index is 441. The maximum Gasteiger partial charge on any atom is 0.180 e. The first-order valence-electron chi connectivity index (χ1n) is 6.04. The Kier molecular flexibility index (Phi) is 2.68. The molecule has 2 heterocycles. The van der Waals surface area contributed by atoms with Crippen molar-refractivity contribution >= 4 is 11.6 Å². The van der Waals surface area contributed by atoms with Gasteiger partial charge in [-0.15, -0.1) is 0 Å². The number of rotatable bonds is 1. The maximum atomic E-state index is 6.14. The van der Waals surface area contributed by atoms with Crippen LogP contribution in [0.1, 0.15) is 25.3 Å². The molecule has 0 aromatic heterocycles. The van der Waals surface area contributed by atoms with E-state index in [0.29, 0.717) is 24.0 Å². The van der Waals surface area contributed by atoms with Crippen LogP contribution >= 0.6 is 11.6 Å². The van der Waals surface area contributed by atoms with Crippen LogP contribution in [-0.2, 0) is 5.54 Å². The van der Waals surface area contributed by atoms with Crippen molar-refractivity contribution in [2.75, 3.05) is 19.8 Å². The predicted octanol–water partition coefficient (Wildman–Crippen LogP) is 2.71. The third-order valence-electron chi connectivity index (χ3n) is 3.60. The summed E-state index contributed by atoms with van der Waals surface area (Å²) in [5.74, 6) is 1.52. The van der Waals surface area contributed by atoms with Gasteiger partial charge in [0.15, 0.2) is 11.5 Å². The molecule has 1 atom stereocenters. The van der Waals surface area contributed by atoms with E-state index in [2.05, 4.69) is 12.2 Å². The lowest BCUT2D eigenvalue weighted by Crippen LogP contribution is -2.34. The summed E-state index contributed by atoms with van der Waals surface area (Å²) < 4.78 is 11.4. The van der Waals surface area contributed by atoms with Crippen molar-refractivity contribution in [1.29, 1.82) is 0 Å². The summed E-state index contributed by atoms with van der Waals surface area (Å²) in [5.41, 5.74) is 1.14. The maximum absolute atomic E-state index is 6.14. The third-order valence-corrected chi connectivity index (χ3v) is 3.90. The second-order valence-electron chi connectivity index (χ2n) is 4.81. The molecule has 92 valence electrons. The molecule has 0 amide bonds. The van der Waals surface area contributed by atoms with Gasteiger partial charge in [-0.05, 0) is 32.4 Å². The molecule has 1 aromatic rings. The molecule has 17 heavy (non-hydrogen) atoms. The Morgan fingerprint density at radius 2 is 2.00 bits per heavy atom. The van der Waals surface area contributed by atoms with Crippen molar-refractivity contribution in [1.82, 2.24) is 5.32 Å². The first-order chi connectivity index (χ1) is 8.21. The topological polar surface area (TPSA) is 30.5 Å². The molecule has 3 nitrogen and oxygen atoms in total. The molecule has 0 bridgehead atoms. The Morgan fingerprint density at radius 3 is 2.71 bits per heavy atom. The van der Waals surface area contributed by atoms with E-state index in [-0.39, 0.29) is 5.54 Å². The second-order valence-corrected chi connectivity index (χ2v) is 5.22. The van der Waals surface area contributed by atoms with Gasteiger partial charge in [-0.2, -0.15) is 0 Å². The Hall–Kier alpha value is -0.930. The molecule has 0 aliphatic carbocycles. The minimum absolute atomic E-state index is 0.0185. The zero-order valence-electron chi connectivity index (χ0n) is 9.88. The fraction of sp³-hybridized carbons (Fsp3) is 0.538. The summed E-state index contributed by atoms with van der Waals surface area (Å²) in [5, 5.41) is 4.17. The van der Waals surface area contributed by atoms with E-state index in [4.69, 9.17) is 21.1 Å². The van der Waals surface area contributed by atoms with Crippen LogP contribution in [0, 0.1) is 0 Å². The van der Waals surface area contributed by atoms with Crippen LogP contribution in [0.25, 0.3) is 0 Å². The van der Waals surface area contributed by atoms with Crippen molar-refractivity contribution in [3.05, 3.63) is 22.7 Å². The third kappa shape index (κ3) is 1.78. The molecule has 4 heteroatoms. The molecule has 2 aliphatic heterocycles. The van der Waals surface area contributed by atoms with Crippen LogP contribution in [-0.4, -0.2) is 19.8 Å². The number of halogens is 1. The van der Waals surface area contributed by atoms with Gasteiger partial charge < -0.3 is 14.8 Å². The summed E-state index contributed by atoms with van der Waals surface area (Å²) in [6, 6.07) is 3.95. The number of fused-ring (bicyclic) bond motifs is 1. The molecular weight excluding hydrogens is 238 g/mol. The highest BCUT2D eigenvalue weighted by Crippen LogP contribution is 2.45. The van der Waals surface area contributed by atoms with Crippen molar-refractivity contribution < 1.29 is 9.47 Å². The van der Waals surface area contributed by atoms with Crippen molar-refractivity contribution in [2.45, 2.75) is 25.3 Å². The molecule has 1 unspecified atom stereocenters. The molecule has 1 aromatic carbocycles. The first kappa shape index (κ1) is 11.2. The van der Waals surface area contributed by atoms with Crippen LogP contribution in [0.15, 0.2) is 12.1 Å². The van der Waals surface area contributed by atoms with Crippen LogP contribution in [0.3, 0.4) is 0 Å². The number of benzene rings is 1. The molecule has 0 radical (unpaired) electrons. The van der Waals surface area contributed by atoms with Gasteiger partial charge in [0.2, 0.25) is 0 Å². The Labute approximate surface area is 106 Å². The van der Waals surface area contributed by atoms with Gasteiger partial charge >= 0.3 is 0 Å². The quantitative estimate of drug-likeness (QED) is 0.835. The van der Waals surface area contributed by atoms with Crippen LogP contribution in [0.2, 0.25) is 5.02 Å². The standard InChI is InChI=1S/C13H16ClNO2/c1-13(5-2-6-15-13)9-3-4-10(14)12-11(9)16-7-8-17-12/h3-4,15H,2,5-8H2,1H3. The second kappa shape index (κ2) is 4.07. The van der Waals surface area contributed by atoms with Gasteiger partial charge in [0.05, 0.1) is 5.02 Å². The van der Waals surface area contributed by atoms with Crippen LogP contribution in [0.4, 0.5) is 0 Å². The number of hydrogen-bond acceptors (Lipinski definition) is 3. The van der Waals surface area contributed by atoms with Crippen LogP contribution < -0.4 is 14.8 Å². The lowest BCUT2D eigenvalue weighted by Gasteiger charge is -2.30. The normalized spacial score (nSPS) is 27.2. The van der Waals surface area contributed by atoms with Gasteiger partial charge in [0.25, 0.3) is 0 Å². The average molecular weight is 254 g/mol. The highest BCUT2D eigenvalue weighted by molar-refractivity contribution is 6.32. The minimum atomic E-state index is -0.0185. The Balaban J connectivity index is 2.11. The highest BCUT2D eigenvalue weighted by atomic mass is 35.5. The monoisotopic (exact) mass is 253 g/mol. The molecule has 1 N–H and O–H groups in total. The minimum Gasteiger partial charge on any atom is -0.486 e. The van der Waals surface area contributed by atoms with E-state index >= 15 is 0 Å². The van der Waals surface area contributed by atoms with Gasteiger partial charge in [-0.25, -0.2) is 0 Å². The fourth-order valence-electron chi connectivity index (χ4n) is 2.66. The smallest absolute Gasteiger partial charge is 0.180 e. The van der Waals surface area contributed by atoms with E-state index in [1.165, 1.54) is 6.42 Å². The lowest BCUT2D eigenvalue weighted by atomic mass is 9.89. The summed E-state index contributed by atoms with van der Waals surface area (Å²) in [4.78, 5) is 0. The summed E-state index contributed by atoms with van der Waals surface area (Å²) in [6.45, 7) is 4.42. The van der Waals surface area contributed by atoms with E-state index in [1.807, 2.05) is 12.1 Å². The zero-order chi connectivity index (χ0) is 11.9. The highest BCUT2D eigenvalue weighted by Gasteiger charge is 2.35. The van der Waals surface area contributed by atoms with E-state index in [9.17, 15) is 0 Å². The zero-order valence-corrected chi connectivity index (χ0v) is 10.6. The van der Waals surface area contributed by atoms with Gasteiger partial charge in [0.1, 0.15) is 13.2 Å². The van der Waals surface area contributed by atoms with Crippen molar-refractivity contribution in [2.24, 2.45) is 0 Å². The molecule has 0 saturated carbocycles. The molecular formula is C13H16ClNO2. The number of hydrogen-bond donors (Lipinski definition) is 1. The fourth-order valence-corrected chi connectivity index (χ4v) is 2.87. The van der Waals surface area contributed by atoms with Crippen molar-refractivity contribution in [3.8, 4) is 11.5 Å². The number of nitrogens with one attached hydrogen (secondary N) is 1. The van der Waals surface area contributed by atoms with Gasteiger partial charge in [-0.1, -0.05) is 17.7 Å². The lowest BCUT2D eigenvalue weighted by molar-refractivity contribution is 0.166. The SMILES string of the molecule is CC1(c2ccc(Cl)c3c2OCCO3)CCCN1. The number of ether oxygens (including phenoxy) is 2. The summed E-state index contributed by atoms with van der Waals surface area (Å²) in [7, 11) is 0. The summed E-state index contributed by atoms with van der Waals surface area (Å²) >= 11 is 6.14. The molecule has 0 spiro atoms. The largest absolute Gasteiger partial charge is 0.486 e. The van der Waals surface area contributed by atoms with Gasteiger partial charge in [0, 0.05) is 11.1 Å². The molecule has 2 aliphatic rings. The van der Waals surface area contributed by atoms with Gasteiger partial charge in [-0.3, -0.25) is 0 Å². The predicted molar refractivity (Wildman–Crippen MR) is 67.0 cm³/mol. The first-order valence-corrected chi connectivity index (χ1v) is 6.42. The Morgan fingerprint density at radius 1 is 1.24 bits per heavy atom. The molecule has 1 saturated heterocycles. The average Bonchev–Trinajstić information content (AvgIpc) is 2.78. The van der Waals surface area contributed by atoms with E-state index in [1.54, 1.807) is 0 Å². The van der Waals surface area contributed by atoms with Crippen molar-refractivity contribution in [3.63, 3.8) is 0 Å². The van der Waals surface area contributed by atoms with E-state index in [0.717, 1.165) is 24.3 Å². The summed E-state index contributed by atoms with van der Waals surface area (Å²) in [6.07, 6.45) is 2.30. The van der Waals surface area contributed by atoms with E-state index < -0.39 is 0 Å². The molecule has 3 rings (SSSR count). The van der Waals surface area contributed by atoms with Crippen LogP contribution in [0.5, 0.6) is 11.5 Å².